The molecule has 0 saturated heterocycles. The van der Waals surface area contributed by atoms with Gasteiger partial charge in [0.25, 0.3) is 20.2 Å². The summed E-state index contributed by atoms with van der Waals surface area (Å²) in [6.45, 7) is 10.2. The lowest BCUT2D eigenvalue weighted by molar-refractivity contribution is -0.438. The Balaban J connectivity index is 1.29. The molecule has 0 unspecified atom stereocenters. The third-order valence-corrected chi connectivity index (χ3v) is 15.6. The van der Waals surface area contributed by atoms with Crippen LogP contribution in [-0.2, 0) is 35.9 Å². The van der Waals surface area contributed by atoms with Crippen LogP contribution in [-0.4, -0.2) is 77.7 Å². The first-order chi connectivity index (χ1) is 29.9. The van der Waals surface area contributed by atoms with Gasteiger partial charge in [0.1, 0.15) is 6.54 Å². The summed E-state index contributed by atoms with van der Waals surface area (Å²) in [6.07, 6.45) is 14.2. The number of hydrogen-bond donors (Lipinski definition) is 3. The Hall–Kier alpha value is -4.53. The fourth-order valence-electron chi connectivity index (χ4n) is 9.84. The van der Waals surface area contributed by atoms with Gasteiger partial charge in [-0.05, 0) is 115 Å². The Labute approximate surface area is 376 Å². The van der Waals surface area contributed by atoms with E-state index < -0.39 is 31.6 Å². The van der Waals surface area contributed by atoms with Crippen LogP contribution < -0.4 is 4.90 Å². The van der Waals surface area contributed by atoms with Crippen molar-refractivity contribution >= 4 is 76.6 Å². The Kier molecular flexibility index (Phi) is 13.9. The molecule has 2 heterocycles. The Morgan fingerprint density at radius 2 is 1.38 bits per heavy atom. The molecule has 334 valence electrons. The molecule has 0 atom stereocenters. The van der Waals surface area contributed by atoms with E-state index in [1.165, 1.54) is 21.9 Å². The number of nitrogens with zero attached hydrogens (tertiary/aromatic N) is 2. The number of unbranched alkanes of at least 4 members (excludes halogenated alkanes) is 3. The van der Waals surface area contributed by atoms with Gasteiger partial charge >= 0.3 is 5.97 Å². The maximum atomic E-state index is 11.8. The summed E-state index contributed by atoms with van der Waals surface area (Å²) in [5, 5.41) is 14.3. The summed E-state index contributed by atoms with van der Waals surface area (Å²) in [5.74, 6) is -0.959. The normalized spacial score (nSPS) is 18.7. The molecule has 2 aliphatic heterocycles. The van der Waals surface area contributed by atoms with E-state index in [4.69, 9.17) is 0 Å². The first-order valence-corrected chi connectivity index (χ1v) is 26.1. The SMILES string of the molecule is CC1(C)C(/C=C/C2=C(SCCC(=O)O)C(=C/C=C3/N(CCCCS(=O)(=O)O)c4ccc5ccccc5c4C3(C)C)/CCC2)=[N+](CCCCCS(=O)(=O)O)c2ccc3ccccc3c21. The number of allylic oxidation sites excluding steroid dienone is 7. The van der Waals surface area contributed by atoms with E-state index >= 15 is 0 Å². The van der Waals surface area contributed by atoms with Gasteiger partial charge in [-0.3, -0.25) is 13.9 Å². The van der Waals surface area contributed by atoms with E-state index in [1.807, 2.05) is 12.1 Å². The molecule has 0 radical (unpaired) electrons. The van der Waals surface area contributed by atoms with Crippen LogP contribution in [0.3, 0.4) is 0 Å². The molecule has 0 fully saturated rings. The highest BCUT2D eigenvalue weighted by Crippen LogP contribution is 2.51. The molecule has 1 aliphatic carbocycles. The number of thioether (sulfide) groups is 1. The summed E-state index contributed by atoms with van der Waals surface area (Å²) < 4.78 is 67.2. The van der Waals surface area contributed by atoms with Gasteiger partial charge in [0.15, 0.2) is 5.71 Å². The van der Waals surface area contributed by atoms with Crippen molar-refractivity contribution in [2.24, 2.45) is 0 Å². The molecule has 3 N–H and O–H groups in total. The van der Waals surface area contributed by atoms with Crippen molar-refractivity contribution in [1.29, 1.82) is 0 Å². The second-order valence-corrected chi connectivity index (χ2v) is 22.2. The Bertz CT molecular complexity index is 2820. The second-order valence-electron chi connectivity index (χ2n) is 17.9. The van der Waals surface area contributed by atoms with Crippen molar-refractivity contribution in [3.63, 3.8) is 0 Å². The number of fused-ring (bicyclic) bond motifs is 6. The van der Waals surface area contributed by atoms with Crippen LogP contribution >= 0.6 is 11.8 Å². The van der Waals surface area contributed by atoms with Crippen LogP contribution in [0.4, 0.5) is 11.4 Å². The fraction of sp³-hybridized carbons (Fsp3) is 0.400. The van der Waals surface area contributed by atoms with Crippen molar-refractivity contribution in [1.82, 2.24) is 0 Å². The Morgan fingerprint density at radius 3 is 2.05 bits per heavy atom. The molecule has 63 heavy (non-hydrogen) atoms. The van der Waals surface area contributed by atoms with E-state index in [9.17, 15) is 35.8 Å². The lowest BCUT2D eigenvalue weighted by atomic mass is 9.78. The van der Waals surface area contributed by atoms with Crippen molar-refractivity contribution in [2.75, 3.05) is 35.2 Å². The number of carboxylic acid groups (broad SMARTS) is 1. The topological polar surface area (TPSA) is 152 Å². The van der Waals surface area contributed by atoms with Gasteiger partial charge in [-0.15, -0.1) is 11.8 Å². The van der Waals surface area contributed by atoms with Gasteiger partial charge in [0.05, 0.1) is 23.3 Å². The zero-order chi connectivity index (χ0) is 45.2. The maximum absolute atomic E-state index is 11.8. The van der Waals surface area contributed by atoms with Crippen LogP contribution in [0.25, 0.3) is 21.5 Å². The van der Waals surface area contributed by atoms with Crippen LogP contribution in [0.2, 0.25) is 0 Å². The van der Waals surface area contributed by atoms with Crippen molar-refractivity contribution in [3.05, 3.63) is 130 Å². The van der Waals surface area contributed by atoms with Crippen molar-refractivity contribution < 1.29 is 40.4 Å². The van der Waals surface area contributed by atoms with Crippen LogP contribution in [0.15, 0.2) is 119 Å². The average Bonchev–Trinajstić information content (AvgIpc) is 3.58. The van der Waals surface area contributed by atoms with E-state index in [0.717, 1.165) is 75.3 Å². The largest absolute Gasteiger partial charge is 0.481 e. The molecule has 10 nitrogen and oxygen atoms in total. The number of rotatable bonds is 18. The Morgan fingerprint density at radius 1 is 0.746 bits per heavy atom. The van der Waals surface area contributed by atoms with Gasteiger partial charge < -0.3 is 10.0 Å². The molecule has 0 aromatic heterocycles. The summed E-state index contributed by atoms with van der Waals surface area (Å²) in [6, 6.07) is 25.4. The molecular weight excluding hydrogens is 853 g/mol. The van der Waals surface area contributed by atoms with Gasteiger partial charge in [0.2, 0.25) is 5.69 Å². The smallest absolute Gasteiger partial charge is 0.304 e. The van der Waals surface area contributed by atoms with Crippen LogP contribution in [0, 0.1) is 0 Å². The van der Waals surface area contributed by atoms with Crippen LogP contribution in [0.1, 0.15) is 96.6 Å². The predicted octanol–water partition coefficient (Wildman–Crippen LogP) is 10.9. The minimum Gasteiger partial charge on any atom is -0.481 e. The number of hydrogen-bond acceptors (Lipinski definition) is 7. The minimum absolute atomic E-state index is 0.0322. The van der Waals surface area contributed by atoms with E-state index in [0.29, 0.717) is 44.5 Å². The molecule has 13 heteroatoms. The van der Waals surface area contributed by atoms with Gasteiger partial charge in [-0.1, -0.05) is 80.6 Å². The number of aliphatic carboxylic acids is 1. The fourth-order valence-corrected chi connectivity index (χ4v) is 12.2. The number of anilines is 1. The summed E-state index contributed by atoms with van der Waals surface area (Å²) >= 11 is 1.59. The van der Waals surface area contributed by atoms with Crippen molar-refractivity contribution in [2.45, 2.75) is 96.3 Å². The van der Waals surface area contributed by atoms with Gasteiger partial charge in [0, 0.05) is 58.1 Å². The standard InChI is InChI=1S/C50H58N2O8S3/c1-49(2)43(51(30-10-5-12-33-62(55,56)57)41-25-21-35-15-6-8-19-39(35)46(41)49)27-23-37-17-14-18-38(48(37)61-32-29-45(53)54)24-28-44-50(3,4)47-40-20-9-7-16-36(40)22-26-42(47)52(44)31-11-13-34-63(58,59)60/h6-9,15-16,19-28H,5,10-14,17-18,29-34H2,1-4H3,(H2-,53,54,55,56,57,58,59,60)/p+1. The summed E-state index contributed by atoms with van der Waals surface area (Å²) in [7, 11) is -8.09. The highest BCUT2D eigenvalue weighted by molar-refractivity contribution is 8.03. The number of benzene rings is 4. The molecule has 0 amide bonds. The quantitative estimate of drug-likeness (QED) is 0.0500. The maximum Gasteiger partial charge on any atom is 0.304 e. The average molecular weight is 912 g/mol. The van der Waals surface area contributed by atoms with E-state index in [2.05, 4.69) is 122 Å². The van der Waals surface area contributed by atoms with Crippen molar-refractivity contribution in [3.8, 4) is 0 Å². The lowest BCUT2D eigenvalue weighted by Crippen LogP contribution is -2.28. The molecule has 0 spiro atoms. The molecule has 7 rings (SSSR count). The molecular formula is C50H59N2O8S3+. The number of carboxylic acids is 1. The van der Waals surface area contributed by atoms with Crippen LogP contribution in [0.5, 0.6) is 0 Å². The number of carbonyl (C=O) groups is 1. The zero-order valence-electron chi connectivity index (χ0n) is 36.6. The van der Waals surface area contributed by atoms with Gasteiger partial charge in [-0.25, -0.2) is 0 Å². The molecule has 0 bridgehead atoms. The summed E-state index contributed by atoms with van der Waals surface area (Å²) in [5.41, 5.74) is 8.43. The molecule has 3 aliphatic rings. The minimum atomic E-state index is -4.07. The molecule has 0 saturated carbocycles. The summed E-state index contributed by atoms with van der Waals surface area (Å²) in [4.78, 5) is 15.2. The molecule has 4 aromatic rings. The zero-order valence-corrected chi connectivity index (χ0v) is 39.1. The third-order valence-electron chi connectivity index (χ3n) is 12.7. The first kappa shape index (κ1) is 46.5. The van der Waals surface area contributed by atoms with E-state index in [-0.39, 0.29) is 23.3 Å². The first-order valence-electron chi connectivity index (χ1n) is 21.9. The highest BCUT2D eigenvalue weighted by atomic mass is 32.2. The highest BCUT2D eigenvalue weighted by Gasteiger charge is 2.45. The van der Waals surface area contributed by atoms with Gasteiger partial charge in [-0.2, -0.15) is 21.4 Å². The third kappa shape index (κ3) is 10.4. The monoisotopic (exact) mass is 911 g/mol. The second kappa shape index (κ2) is 18.9. The molecule has 4 aromatic carbocycles. The predicted molar refractivity (Wildman–Crippen MR) is 258 cm³/mol. The van der Waals surface area contributed by atoms with E-state index in [1.54, 1.807) is 11.8 Å². The lowest BCUT2D eigenvalue weighted by Gasteiger charge is -2.28.